The molecule has 1 aliphatic heterocycles. The smallest absolute Gasteiger partial charge is 0.255 e. The molecule has 1 aliphatic rings. The number of piperidine rings is 1. The van der Waals surface area contributed by atoms with Crippen molar-refractivity contribution in [2.45, 2.75) is 25.3 Å². The summed E-state index contributed by atoms with van der Waals surface area (Å²) < 4.78 is 10.5. The number of para-hydroxylation sites is 1. The lowest BCUT2D eigenvalue weighted by atomic mass is 10.0. The summed E-state index contributed by atoms with van der Waals surface area (Å²) in [6.07, 6.45) is 4.67. The molecule has 2 heterocycles. The molecule has 24 heavy (non-hydrogen) atoms. The summed E-state index contributed by atoms with van der Waals surface area (Å²) >= 11 is 0. The molecular weight excluding hydrogens is 328 g/mol. The normalized spacial score (nSPS) is 16.0. The first-order valence-corrected chi connectivity index (χ1v) is 8.26. The third kappa shape index (κ3) is 4.50. The van der Waals surface area contributed by atoms with E-state index in [0.717, 1.165) is 50.9 Å². The number of fused-ring (bicyclic) bond motifs is 1. The quantitative estimate of drug-likeness (QED) is 0.812. The lowest BCUT2D eigenvalue weighted by molar-refractivity contribution is 0.0908. The molecule has 0 spiro atoms. The Morgan fingerprint density at radius 1 is 1.33 bits per heavy atom. The molecule has 5 nitrogen and oxygen atoms in total. The number of ether oxygens (including phenoxy) is 1. The minimum Gasteiger partial charge on any atom is -0.464 e. The van der Waals surface area contributed by atoms with Gasteiger partial charge in [0.05, 0.1) is 11.8 Å². The number of carbonyl (C=O) groups is 1. The largest absolute Gasteiger partial charge is 0.464 e. The molecular formula is C18H25ClN2O3. The molecule has 1 fully saturated rings. The predicted molar refractivity (Wildman–Crippen MR) is 96.9 cm³/mol. The molecule has 132 valence electrons. The Balaban J connectivity index is 0.00000208. The number of furan rings is 1. The number of methoxy groups -OCH3 is 1. The minimum atomic E-state index is -0.0385. The molecule has 0 aliphatic carbocycles. The van der Waals surface area contributed by atoms with Crippen LogP contribution in [0.4, 0.5) is 0 Å². The monoisotopic (exact) mass is 352 g/mol. The van der Waals surface area contributed by atoms with Gasteiger partial charge in [0.2, 0.25) is 0 Å². The first kappa shape index (κ1) is 18.8. The summed E-state index contributed by atoms with van der Waals surface area (Å²) in [7, 11) is 1.74. The molecule has 0 atom stereocenters. The lowest BCUT2D eigenvalue weighted by Crippen LogP contribution is -2.45. The van der Waals surface area contributed by atoms with E-state index in [1.165, 1.54) is 0 Å². The summed E-state index contributed by atoms with van der Waals surface area (Å²) in [6.45, 7) is 3.93. The van der Waals surface area contributed by atoms with Gasteiger partial charge in [-0.25, -0.2) is 0 Å². The van der Waals surface area contributed by atoms with Gasteiger partial charge in [0.15, 0.2) is 0 Å². The van der Waals surface area contributed by atoms with Crippen molar-refractivity contribution in [1.29, 1.82) is 0 Å². The maximum Gasteiger partial charge on any atom is 0.255 e. The van der Waals surface area contributed by atoms with Gasteiger partial charge in [-0.3, -0.25) is 4.79 Å². The molecule has 1 aromatic carbocycles. The number of rotatable bonds is 6. The van der Waals surface area contributed by atoms with E-state index >= 15 is 0 Å². The number of halogens is 1. The fourth-order valence-electron chi connectivity index (χ4n) is 3.17. The van der Waals surface area contributed by atoms with E-state index in [2.05, 4.69) is 10.2 Å². The lowest BCUT2D eigenvalue weighted by Gasteiger charge is -2.32. The van der Waals surface area contributed by atoms with Crippen LogP contribution in [0.15, 0.2) is 34.9 Å². The molecule has 1 saturated heterocycles. The van der Waals surface area contributed by atoms with Crippen LogP contribution in [0.3, 0.4) is 0 Å². The Kier molecular flexibility index (Phi) is 7.09. The molecule has 3 rings (SSSR count). The van der Waals surface area contributed by atoms with E-state index in [-0.39, 0.29) is 24.4 Å². The van der Waals surface area contributed by atoms with Crippen LogP contribution in [0.1, 0.15) is 29.6 Å². The van der Waals surface area contributed by atoms with Crippen LogP contribution in [0.5, 0.6) is 0 Å². The average Bonchev–Trinajstić information content (AvgIpc) is 3.05. The second-order valence-corrected chi connectivity index (χ2v) is 6.08. The number of amides is 1. The predicted octanol–water partition coefficient (Wildman–Crippen LogP) is 3.09. The van der Waals surface area contributed by atoms with Gasteiger partial charge in [0, 0.05) is 44.8 Å². The summed E-state index contributed by atoms with van der Waals surface area (Å²) in [4.78, 5) is 15.0. The first-order chi connectivity index (χ1) is 11.3. The van der Waals surface area contributed by atoms with Gasteiger partial charge in [-0.15, -0.1) is 12.4 Å². The van der Waals surface area contributed by atoms with Crippen molar-refractivity contribution in [3.63, 3.8) is 0 Å². The van der Waals surface area contributed by atoms with Crippen LogP contribution < -0.4 is 5.32 Å². The van der Waals surface area contributed by atoms with Gasteiger partial charge in [0.25, 0.3) is 5.91 Å². The second-order valence-electron chi connectivity index (χ2n) is 6.08. The Morgan fingerprint density at radius 2 is 2.12 bits per heavy atom. The topological polar surface area (TPSA) is 54.7 Å². The van der Waals surface area contributed by atoms with Gasteiger partial charge >= 0.3 is 0 Å². The molecule has 0 radical (unpaired) electrons. The minimum absolute atomic E-state index is 0. The van der Waals surface area contributed by atoms with Crippen molar-refractivity contribution in [2.24, 2.45) is 0 Å². The fourth-order valence-corrected chi connectivity index (χ4v) is 3.17. The van der Waals surface area contributed by atoms with E-state index in [0.29, 0.717) is 11.1 Å². The molecule has 0 bridgehead atoms. The third-order valence-electron chi connectivity index (χ3n) is 4.47. The zero-order valence-electron chi connectivity index (χ0n) is 14.0. The van der Waals surface area contributed by atoms with Crippen molar-refractivity contribution in [2.75, 3.05) is 33.4 Å². The van der Waals surface area contributed by atoms with Gasteiger partial charge in [0.1, 0.15) is 5.58 Å². The second kappa shape index (κ2) is 9.06. The van der Waals surface area contributed by atoms with Crippen molar-refractivity contribution in [1.82, 2.24) is 10.2 Å². The Labute approximate surface area is 148 Å². The van der Waals surface area contributed by atoms with Crippen molar-refractivity contribution in [3.8, 4) is 0 Å². The Morgan fingerprint density at radius 3 is 2.88 bits per heavy atom. The van der Waals surface area contributed by atoms with Crippen molar-refractivity contribution in [3.05, 3.63) is 36.1 Å². The van der Waals surface area contributed by atoms with Crippen LogP contribution in [-0.2, 0) is 4.74 Å². The van der Waals surface area contributed by atoms with Crippen LogP contribution in [0.25, 0.3) is 11.0 Å². The summed E-state index contributed by atoms with van der Waals surface area (Å²) in [6, 6.07) is 7.79. The highest BCUT2D eigenvalue weighted by Gasteiger charge is 2.22. The van der Waals surface area contributed by atoms with Gasteiger partial charge in [-0.2, -0.15) is 0 Å². The number of carbonyl (C=O) groups excluding carboxylic acids is 1. The highest BCUT2D eigenvalue weighted by atomic mass is 35.5. The van der Waals surface area contributed by atoms with Crippen LogP contribution in [0.2, 0.25) is 0 Å². The number of hydrogen-bond donors (Lipinski definition) is 1. The number of benzene rings is 1. The molecule has 1 N–H and O–H groups in total. The molecule has 6 heteroatoms. The highest BCUT2D eigenvalue weighted by molar-refractivity contribution is 6.04. The Bertz CT molecular complexity index is 651. The molecule has 1 amide bonds. The van der Waals surface area contributed by atoms with E-state index < -0.39 is 0 Å². The number of likely N-dealkylation sites (tertiary alicyclic amines) is 1. The van der Waals surface area contributed by atoms with Crippen LogP contribution in [-0.4, -0.2) is 50.2 Å². The Hall–Kier alpha value is -1.56. The zero-order chi connectivity index (χ0) is 16.1. The molecule has 0 unspecified atom stereocenters. The van der Waals surface area contributed by atoms with Crippen molar-refractivity contribution < 1.29 is 13.9 Å². The SMILES string of the molecule is COCCCN1CCC(NC(=O)c2cccc3ccoc23)CC1.Cl. The number of hydrogen-bond acceptors (Lipinski definition) is 4. The van der Waals surface area contributed by atoms with Crippen LogP contribution >= 0.6 is 12.4 Å². The van der Waals surface area contributed by atoms with Gasteiger partial charge < -0.3 is 19.4 Å². The molecule has 1 aromatic heterocycles. The van der Waals surface area contributed by atoms with E-state index in [1.54, 1.807) is 13.4 Å². The molecule has 0 saturated carbocycles. The number of nitrogens with zero attached hydrogens (tertiary/aromatic N) is 1. The fraction of sp³-hybridized carbons (Fsp3) is 0.500. The maximum atomic E-state index is 12.5. The third-order valence-corrected chi connectivity index (χ3v) is 4.47. The van der Waals surface area contributed by atoms with E-state index in [4.69, 9.17) is 9.15 Å². The van der Waals surface area contributed by atoms with E-state index in [9.17, 15) is 4.79 Å². The van der Waals surface area contributed by atoms with E-state index in [1.807, 2.05) is 24.3 Å². The summed E-state index contributed by atoms with van der Waals surface area (Å²) in [5.41, 5.74) is 1.29. The standard InChI is InChI=1S/C18H24N2O3.ClH/c1-22-12-3-9-20-10-6-15(7-11-20)19-18(21)16-5-2-4-14-8-13-23-17(14)16;/h2,4-5,8,13,15H,3,6-7,9-12H2,1H3,(H,19,21);1H. The zero-order valence-corrected chi connectivity index (χ0v) is 14.8. The summed E-state index contributed by atoms with van der Waals surface area (Å²) in [5.74, 6) is -0.0385. The highest BCUT2D eigenvalue weighted by Crippen LogP contribution is 2.20. The van der Waals surface area contributed by atoms with Crippen molar-refractivity contribution >= 4 is 29.3 Å². The van der Waals surface area contributed by atoms with Gasteiger partial charge in [-0.05, 0) is 31.4 Å². The number of nitrogens with one attached hydrogen (secondary N) is 1. The van der Waals surface area contributed by atoms with Gasteiger partial charge in [-0.1, -0.05) is 12.1 Å². The first-order valence-electron chi connectivity index (χ1n) is 8.26. The molecule has 2 aromatic rings. The maximum absolute atomic E-state index is 12.5. The summed E-state index contributed by atoms with van der Waals surface area (Å²) in [5, 5.41) is 4.12. The average molecular weight is 353 g/mol. The van der Waals surface area contributed by atoms with Crippen LogP contribution in [0, 0.1) is 0 Å².